The molecule has 0 saturated carbocycles. The largest absolute Gasteiger partial charge is 0.439 e. The summed E-state index contributed by atoms with van der Waals surface area (Å²) >= 11 is 3.39. The summed E-state index contributed by atoms with van der Waals surface area (Å²) in [5.41, 5.74) is 1.12. The fourth-order valence-electron chi connectivity index (χ4n) is 1.69. The molecular weight excluding hydrogens is 312 g/mol. The SMILES string of the molecule is Cc1cc(Br)ccc1Oc1cc2n[nH]c(=O)n2cn1. The van der Waals surface area contributed by atoms with Gasteiger partial charge in [-0.05, 0) is 30.7 Å². The predicted octanol–water partition coefficient (Wildman–Crippen LogP) is 2.28. The number of ether oxygens (including phenoxy) is 1. The molecule has 0 amide bonds. The van der Waals surface area contributed by atoms with Crippen LogP contribution in [0, 0.1) is 6.92 Å². The summed E-state index contributed by atoms with van der Waals surface area (Å²) in [5, 5.41) is 6.20. The number of H-pyrrole nitrogens is 1. The van der Waals surface area contributed by atoms with Crippen molar-refractivity contribution in [3.05, 3.63) is 51.1 Å². The number of hydrogen-bond donors (Lipinski definition) is 1. The Hall–Kier alpha value is -2.15. The summed E-state index contributed by atoms with van der Waals surface area (Å²) in [6, 6.07) is 7.29. The van der Waals surface area contributed by atoms with Crippen LogP contribution in [0.25, 0.3) is 5.65 Å². The van der Waals surface area contributed by atoms with E-state index in [2.05, 4.69) is 31.1 Å². The van der Waals surface area contributed by atoms with Crippen molar-refractivity contribution in [1.82, 2.24) is 19.6 Å². The summed E-state index contributed by atoms with van der Waals surface area (Å²) in [6.45, 7) is 1.94. The summed E-state index contributed by atoms with van der Waals surface area (Å²) in [4.78, 5) is 15.4. The van der Waals surface area contributed by atoms with Gasteiger partial charge in [0.25, 0.3) is 0 Å². The van der Waals surface area contributed by atoms with Crippen molar-refractivity contribution >= 4 is 21.6 Å². The van der Waals surface area contributed by atoms with Gasteiger partial charge in [-0.1, -0.05) is 15.9 Å². The molecule has 2 aromatic heterocycles. The maximum atomic E-state index is 11.3. The van der Waals surface area contributed by atoms with Gasteiger partial charge in [-0.15, -0.1) is 0 Å². The molecule has 3 aromatic rings. The average Bonchev–Trinajstić information content (AvgIpc) is 2.74. The molecule has 0 radical (unpaired) electrons. The molecule has 0 saturated heterocycles. The Bertz CT molecular complexity index is 809. The van der Waals surface area contributed by atoms with E-state index in [-0.39, 0.29) is 5.69 Å². The fourth-order valence-corrected chi connectivity index (χ4v) is 2.16. The van der Waals surface area contributed by atoms with Crippen LogP contribution in [0.2, 0.25) is 0 Å². The monoisotopic (exact) mass is 320 g/mol. The van der Waals surface area contributed by atoms with Gasteiger partial charge in [-0.3, -0.25) is 0 Å². The molecule has 96 valence electrons. The van der Waals surface area contributed by atoms with Gasteiger partial charge < -0.3 is 4.74 Å². The van der Waals surface area contributed by atoms with E-state index in [1.54, 1.807) is 6.07 Å². The standard InChI is InChI=1S/C12H9BrN4O2/c1-7-4-8(13)2-3-9(7)19-11-5-10-15-16-12(18)17(10)6-14-11/h2-6H,1H3,(H,16,18). The van der Waals surface area contributed by atoms with Gasteiger partial charge in [0.1, 0.15) is 12.1 Å². The number of nitrogens with one attached hydrogen (secondary N) is 1. The highest BCUT2D eigenvalue weighted by Crippen LogP contribution is 2.26. The molecule has 3 rings (SSSR count). The van der Waals surface area contributed by atoms with E-state index in [4.69, 9.17) is 4.74 Å². The quantitative estimate of drug-likeness (QED) is 0.786. The zero-order valence-corrected chi connectivity index (χ0v) is 11.5. The van der Waals surface area contributed by atoms with Crippen LogP contribution < -0.4 is 10.4 Å². The van der Waals surface area contributed by atoms with Crippen LogP contribution in [-0.4, -0.2) is 19.6 Å². The first-order chi connectivity index (χ1) is 9.13. The number of benzene rings is 1. The van der Waals surface area contributed by atoms with Gasteiger partial charge in [0, 0.05) is 10.5 Å². The molecule has 0 aliphatic carbocycles. The third-order valence-electron chi connectivity index (χ3n) is 2.64. The van der Waals surface area contributed by atoms with E-state index in [9.17, 15) is 4.79 Å². The van der Waals surface area contributed by atoms with E-state index >= 15 is 0 Å². The minimum absolute atomic E-state index is 0.325. The smallest absolute Gasteiger partial charge is 0.348 e. The number of rotatable bonds is 2. The van der Waals surface area contributed by atoms with E-state index in [0.29, 0.717) is 17.3 Å². The van der Waals surface area contributed by atoms with Crippen molar-refractivity contribution in [3.63, 3.8) is 0 Å². The molecule has 7 heteroatoms. The van der Waals surface area contributed by atoms with Crippen molar-refractivity contribution in [2.45, 2.75) is 6.92 Å². The molecule has 0 aliphatic rings. The molecular formula is C12H9BrN4O2. The highest BCUT2D eigenvalue weighted by atomic mass is 79.9. The van der Waals surface area contributed by atoms with Crippen LogP contribution in [0.3, 0.4) is 0 Å². The molecule has 0 aliphatic heterocycles. The van der Waals surface area contributed by atoms with E-state index < -0.39 is 0 Å². The molecule has 1 N–H and O–H groups in total. The van der Waals surface area contributed by atoms with Crippen molar-refractivity contribution in [1.29, 1.82) is 0 Å². The molecule has 0 fully saturated rings. The normalized spacial score (nSPS) is 10.8. The lowest BCUT2D eigenvalue weighted by molar-refractivity contribution is 0.458. The Kier molecular flexibility index (Phi) is 2.83. The number of hydrogen-bond acceptors (Lipinski definition) is 4. The lowest BCUT2D eigenvalue weighted by Crippen LogP contribution is -2.09. The average molecular weight is 321 g/mol. The molecule has 6 nitrogen and oxygen atoms in total. The lowest BCUT2D eigenvalue weighted by atomic mass is 10.2. The second-order valence-electron chi connectivity index (χ2n) is 4.00. The zero-order valence-electron chi connectivity index (χ0n) is 9.92. The number of nitrogens with zero attached hydrogens (tertiary/aromatic N) is 3. The summed E-state index contributed by atoms with van der Waals surface area (Å²) in [6.07, 6.45) is 1.38. The predicted molar refractivity (Wildman–Crippen MR) is 72.6 cm³/mol. The van der Waals surface area contributed by atoms with Crippen LogP contribution in [-0.2, 0) is 0 Å². The number of aromatic amines is 1. The highest BCUT2D eigenvalue weighted by molar-refractivity contribution is 9.10. The van der Waals surface area contributed by atoms with Crippen molar-refractivity contribution < 1.29 is 4.74 Å². The number of aromatic nitrogens is 4. The second kappa shape index (κ2) is 4.51. The van der Waals surface area contributed by atoms with E-state index in [1.807, 2.05) is 25.1 Å². The second-order valence-corrected chi connectivity index (χ2v) is 4.91. The third-order valence-corrected chi connectivity index (χ3v) is 3.13. The molecule has 0 atom stereocenters. The minimum Gasteiger partial charge on any atom is -0.439 e. The Morgan fingerprint density at radius 3 is 3.00 bits per heavy atom. The first-order valence-corrected chi connectivity index (χ1v) is 6.29. The van der Waals surface area contributed by atoms with Crippen LogP contribution in [0.1, 0.15) is 5.56 Å². The molecule has 0 spiro atoms. The van der Waals surface area contributed by atoms with Gasteiger partial charge in [0.2, 0.25) is 5.88 Å². The zero-order chi connectivity index (χ0) is 13.4. The molecule has 1 aromatic carbocycles. The van der Waals surface area contributed by atoms with E-state index in [1.165, 1.54) is 10.7 Å². The van der Waals surface area contributed by atoms with Gasteiger partial charge in [0.05, 0.1) is 0 Å². The summed E-state index contributed by atoms with van der Waals surface area (Å²) in [5.74, 6) is 1.09. The van der Waals surface area contributed by atoms with Crippen LogP contribution >= 0.6 is 15.9 Å². The topological polar surface area (TPSA) is 72.3 Å². The van der Waals surface area contributed by atoms with Gasteiger partial charge in [0.15, 0.2) is 5.65 Å². The van der Waals surface area contributed by atoms with Gasteiger partial charge in [-0.25, -0.2) is 19.3 Å². The molecule has 19 heavy (non-hydrogen) atoms. The molecule has 2 heterocycles. The van der Waals surface area contributed by atoms with Crippen LogP contribution in [0.5, 0.6) is 11.6 Å². The Morgan fingerprint density at radius 2 is 2.21 bits per heavy atom. The summed E-state index contributed by atoms with van der Waals surface area (Å²) in [7, 11) is 0. The maximum Gasteiger partial charge on any atom is 0.348 e. The van der Waals surface area contributed by atoms with Crippen molar-refractivity contribution in [2.75, 3.05) is 0 Å². The first-order valence-electron chi connectivity index (χ1n) is 5.50. The van der Waals surface area contributed by atoms with Gasteiger partial charge in [-0.2, -0.15) is 5.10 Å². The molecule has 0 unspecified atom stereocenters. The number of halogens is 1. The fraction of sp³-hybridized carbons (Fsp3) is 0.0833. The van der Waals surface area contributed by atoms with Crippen molar-refractivity contribution in [2.24, 2.45) is 0 Å². The Balaban J connectivity index is 1.98. The van der Waals surface area contributed by atoms with Crippen LogP contribution in [0.4, 0.5) is 0 Å². The highest BCUT2D eigenvalue weighted by Gasteiger charge is 2.06. The minimum atomic E-state index is -0.325. The number of aryl methyl sites for hydroxylation is 1. The first kappa shape index (κ1) is 11.9. The Labute approximate surface area is 116 Å². The van der Waals surface area contributed by atoms with E-state index in [0.717, 1.165) is 10.0 Å². The Morgan fingerprint density at radius 1 is 1.37 bits per heavy atom. The van der Waals surface area contributed by atoms with Crippen molar-refractivity contribution in [3.8, 4) is 11.6 Å². The lowest BCUT2D eigenvalue weighted by Gasteiger charge is -2.07. The van der Waals surface area contributed by atoms with Gasteiger partial charge >= 0.3 is 5.69 Å². The number of fused-ring (bicyclic) bond motifs is 1. The maximum absolute atomic E-state index is 11.3. The molecule has 0 bridgehead atoms. The van der Waals surface area contributed by atoms with Crippen LogP contribution in [0.15, 0.2) is 39.9 Å². The summed E-state index contributed by atoms with van der Waals surface area (Å²) < 4.78 is 7.97. The third kappa shape index (κ3) is 2.24.